The molecule has 2 saturated heterocycles. The van der Waals surface area contributed by atoms with Crippen molar-refractivity contribution < 1.29 is 19.2 Å². The minimum Gasteiger partial charge on any atom is -0.315 e. The number of hydrogen-bond acceptors (Lipinski definition) is 6. The molecule has 29 heavy (non-hydrogen) atoms. The van der Waals surface area contributed by atoms with Crippen LogP contribution in [0.25, 0.3) is 0 Å². The molecule has 0 spiro atoms. The van der Waals surface area contributed by atoms with Gasteiger partial charge in [-0.05, 0) is 29.9 Å². The molecule has 1 aromatic carbocycles. The summed E-state index contributed by atoms with van der Waals surface area (Å²) in [6, 6.07) is 4.55. The minimum atomic E-state index is -0.941. The molecule has 0 saturated carbocycles. The van der Waals surface area contributed by atoms with Crippen molar-refractivity contribution in [3.8, 4) is 0 Å². The van der Waals surface area contributed by atoms with Crippen LogP contribution in [-0.4, -0.2) is 53.7 Å². The highest BCUT2D eigenvalue weighted by Crippen LogP contribution is 2.30. The molecule has 4 amide bonds. The lowest BCUT2D eigenvalue weighted by Gasteiger charge is -2.36. The smallest absolute Gasteiger partial charge is 0.262 e. The normalized spacial score (nSPS) is 26.5. The van der Waals surface area contributed by atoms with Gasteiger partial charge in [0, 0.05) is 32.1 Å². The predicted octanol–water partition coefficient (Wildman–Crippen LogP) is 0.566. The summed E-state index contributed by atoms with van der Waals surface area (Å²) in [5, 5.41) is 9.14. The maximum Gasteiger partial charge on any atom is 0.262 e. The molecule has 8 nitrogen and oxygen atoms in total. The Balaban J connectivity index is 1.53. The van der Waals surface area contributed by atoms with Crippen molar-refractivity contribution in [2.45, 2.75) is 51.7 Å². The third-order valence-corrected chi connectivity index (χ3v) is 5.93. The van der Waals surface area contributed by atoms with E-state index in [1.807, 2.05) is 6.07 Å². The summed E-state index contributed by atoms with van der Waals surface area (Å²) in [5.74, 6) is -1.90. The molecule has 3 heterocycles. The Morgan fingerprint density at radius 3 is 2.69 bits per heavy atom. The number of benzene rings is 1. The van der Waals surface area contributed by atoms with Gasteiger partial charge >= 0.3 is 0 Å². The van der Waals surface area contributed by atoms with Crippen molar-refractivity contribution in [3.05, 3.63) is 34.9 Å². The summed E-state index contributed by atoms with van der Waals surface area (Å²) < 4.78 is 0. The van der Waals surface area contributed by atoms with Crippen LogP contribution in [0.5, 0.6) is 0 Å². The van der Waals surface area contributed by atoms with E-state index < -0.39 is 23.8 Å². The Labute approximate surface area is 169 Å². The molecule has 3 N–H and O–H groups in total. The number of amides is 4. The van der Waals surface area contributed by atoms with Crippen LogP contribution in [0.1, 0.15) is 59.4 Å². The molecule has 3 aliphatic heterocycles. The Bertz CT molecular complexity index is 895. The summed E-state index contributed by atoms with van der Waals surface area (Å²) in [6.07, 6.45) is 1.29. The molecule has 3 aliphatic rings. The molecule has 154 valence electrons. The Morgan fingerprint density at radius 1 is 1.17 bits per heavy atom. The van der Waals surface area contributed by atoms with E-state index in [4.69, 9.17) is 0 Å². The summed E-state index contributed by atoms with van der Waals surface area (Å²) in [7, 11) is 0. The first kappa shape index (κ1) is 19.7. The van der Waals surface area contributed by atoms with E-state index in [1.165, 1.54) is 0 Å². The van der Waals surface area contributed by atoms with E-state index in [0.29, 0.717) is 17.7 Å². The van der Waals surface area contributed by atoms with Gasteiger partial charge < -0.3 is 10.6 Å². The molecule has 0 aromatic heterocycles. The molecular formula is C21H26N4O4. The third-order valence-electron chi connectivity index (χ3n) is 5.93. The van der Waals surface area contributed by atoms with E-state index in [2.05, 4.69) is 29.8 Å². The Hall–Kier alpha value is -2.58. The average Bonchev–Trinajstić information content (AvgIpc) is 2.91. The molecule has 0 bridgehead atoms. The zero-order chi connectivity index (χ0) is 20.8. The molecular weight excluding hydrogens is 372 g/mol. The fraction of sp³-hybridized carbons (Fsp3) is 0.524. The van der Waals surface area contributed by atoms with Crippen LogP contribution in [0.3, 0.4) is 0 Å². The highest BCUT2D eigenvalue weighted by atomic mass is 16.2. The quantitative estimate of drug-likeness (QED) is 0.640. The van der Waals surface area contributed by atoms with Crippen molar-refractivity contribution >= 4 is 23.6 Å². The van der Waals surface area contributed by atoms with Crippen LogP contribution >= 0.6 is 0 Å². The summed E-state index contributed by atoms with van der Waals surface area (Å²) in [5.41, 5.74) is 1.63. The van der Waals surface area contributed by atoms with Crippen molar-refractivity contribution in [3.63, 3.8) is 0 Å². The molecule has 2 fully saturated rings. The fourth-order valence-corrected chi connectivity index (χ4v) is 4.53. The van der Waals surface area contributed by atoms with Crippen LogP contribution in [0.2, 0.25) is 0 Å². The Kier molecular flexibility index (Phi) is 5.00. The number of nitrogens with one attached hydrogen (secondary N) is 3. The average molecular weight is 398 g/mol. The van der Waals surface area contributed by atoms with Crippen LogP contribution in [-0.2, 0) is 16.1 Å². The topological polar surface area (TPSA) is 108 Å². The van der Waals surface area contributed by atoms with Gasteiger partial charge in [0.2, 0.25) is 11.8 Å². The first-order valence-electron chi connectivity index (χ1n) is 10.0. The summed E-state index contributed by atoms with van der Waals surface area (Å²) >= 11 is 0. The van der Waals surface area contributed by atoms with E-state index >= 15 is 0 Å². The zero-order valence-electron chi connectivity index (χ0n) is 16.7. The van der Waals surface area contributed by atoms with Gasteiger partial charge in [0.25, 0.3) is 11.8 Å². The van der Waals surface area contributed by atoms with E-state index in [-0.39, 0.29) is 30.2 Å². The lowest BCUT2D eigenvalue weighted by atomic mass is 9.82. The van der Waals surface area contributed by atoms with Gasteiger partial charge in [0.15, 0.2) is 0 Å². The second-order valence-corrected chi connectivity index (χ2v) is 8.86. The monoisotopic (exact) mass is 398 g/mol. The number of nitrogens with zero attached hydrogens (tertiary/aromatic N) is 1. The number of carbonyl (C=O) groups excluding carboxylic acids is 4. The van der Waals surface area contributed by atoms with Crippen LogP contribution in [0, 0.1) is 5.41 Å². The number of hydrogen-bond donors (Lipinski definition) is 3. The van der Waals surface area contributed by atoms with Crippen LogP contribution < -0.4 is 16.0 Å². The van der Waals surface area contributed by atoms with Gasteiger partial charge in [-0.2, -0.15) is 0 Å². The summed E-state index contributed by atoms with van der Waals surface area (Å²) in [4.78, 5) is 50.6. The second-order valence-electron chi connectivity index (χ2n) is 8.86. The molecule has 1 aromatic rings. The number of imide groups is 2. The van der Waals surface area contributed by atoms with Crippen molar-refractivity contribution in [1.29, 1.82) is 0 Å². The highest BCUT2D eigenvalue weighted by Gasteiger charge is 2.45. The van der Waals surface area contributed by atoms with E-state index in [1.54, 1.807) is 12.1 Å². The maximum atomic E-state index is 13.1. The molecule has 0 aliphatic carbocycles. The highest BCUT2D eigenvalue weighted by molar-refractivity contribution is 6.24. The lowest BCUT2D eigenvalue weighted by molar-refractivity contribution is -0.136. The van der Waals surface area contributed by atoms with Crippen LogP contribution in [0.4, 0.5) is 0 Å². The fourth-order valence-electron chi connectivity index (χ4n) is 4.53. The lowest BCUT2D eigenvalue weighted by Crippen LogP contribution is -2.54. The molecule has 8 heteroatoms. The SMILES string of the molecule is CC1(C)CNCC(NCc2cccc3c2C(=O)N(C2CCC(=O)NC2=O)C3=O)C1. The molecule has 2 unspecified atom stereocenters. The largest absolute Gasteiger partial charge is 0.315 e. The summed E-state index contributed by atoms with van der Waals surface area (Å²) in [6.45, 7) is 6.73. The van der Waals surface area contributed by atoms with Gasteiger partial charge in [-0.25, -0.2) is 0 Å². The number of piperidine rings is 2. The van der Waals surface area contributed by atoms with E-state index in [0.717, 1.165) is 30.0 Å². The van der Waals surface area contributed by atoms with Crippen LogP contribution in [0.15, 0.2) is 18.2 Å². The van der Waals surface area contributed by atoms with E-state index in [9.17, 15) is 19.2 Å². The van der Waals surface area contributed by atoms with Gasteiger partial charge in [-0.1, -0.05) is 26.0 Å². The Morgan fingerprint density at radius 2 is 1.97 bits per heavy atom. The minimum absolute atomic E-state index is 0.114. The standard InChI is InChI=1S/C21H26N4O4/c1-21(2)8-13(10-22-11-21)23-9-12-4-3-5-14-17(12)20(29)25(19(14)28)15-6-7-16(26)24-18(15)27/h3-5,13,15,22-23H,6-11H2,1-2H3,(H,24,26,27). The molecule has 0 radical (unpaired) electrons. The maximum absolute atomic E-state index is 13.1. The third kappa shape index (κ3) is 3.70. The predicted molar refractivity (Wildman–Crippen MR) is 105 cm³/mol. The van der Waals surface area contributed by atoms with Crippen molar-refractivity contribution in [2.75, 3.05) is 13.1 Å². The number of carbonyl (C=O) groups is 4. The number of fused-ring (bicyclic) bond motifs is 1. The first-order chi connectivity index (χ1) is 13.8. The van der Waals surface area contributed by atoms with Gasteiger partial charge in [0.1, 0.15) is 6.04 Å². The van der Waals surface area contributed by atoms with Crippen molar-refractivity contribution in [2.24, 2.45) is 5.41 Å². The van der Waals surface area contributed by atoms with Crippen molar-refractivity contribution in [1.82, 2.24) is 20.9 Å². The van der Waals surface area contributed by atoms with Gasteiger partial charge in [0.05, 0.1) is 11.1 Å². The first-order valence-corrected chi connectivity index (χ1v) is 10.0. The molecule has 2 atom stereocenters. The van der Waals surface area contributed by atoms with Gasteiger partial charge in [-0.15, -0.1) is 0 Å². The number of rotatable bonds is 4. The zero-order valence-corrected chi connectivity index (χ0v) is 16.7. The van der Waals surface area contributed by atoms with Gasteiger partial charge in [-0.3, -0.25) is 29.4 Å². The second kappa shape index (κ2) is 7.35. The molecule has 4 rings (SSSR count).